The Morgan fingerprint density at radius 1 is 0.966 bits per heavy atom. The van der Waals surface area contributed by atoms with E-state index in [1.807, 2.05) is 49.4 Å². The van der Waals surface area contributed by atoms with Crippen LogP contribution in [-0.4, -0.2) is 17.7 Å². The molecule has 5 heteroatoms. The van der Waals surface area contributed by atoms with Crippen LogP contribution in [0.5, 0.6) is 0 Å². The first kappa shape index (κ1) is 18.7. The topological polar surface area (TPSA) is 63.2 Å². The molecule has 0 unspecified atom stereocenters. The summed E-state index contributed by atoms with van der Waals surface area (Å²) in [6, 6.07) is 20.2. The molecule has 0 fully saturated rings. The third kappa shape index (κ3) is 3.85. The number of pyridine rings is 1. The standard InChI is InChI=1S/C24H23N3O2/c1-4-29-24(28)26-18-13-15(2)12-17(14-18)25-23-19-9-5-6-11-21(19)27-22-16(3)8-7-10-20(22)23/h5-14H,4H2,1-3H3,(H,25,27)(H,26,28). The van der Waals surface area contributed by atoms with E-state index in [1.54, 1.807) is 6.92 Å². The van der Waals surface area contributed by atoms with E-state index in [4.69, 9.17) is 9.72 Å². The summed E-state index contributed by atoms with van der Waals surface area (Å²) in [5.74, 6) is 0. The van der Waals surface area contributed by atoms with Crippen molar-refractivity contribution in [3.8, 4) is 0 Å². The predicted octanol–water partition coefficient (Wildman–Crippen LogP) is 6.32. The first-order chi connectivity index (χ1) is 14.0. The van der Waals surface area contributed by atoms with Crippen LogP contribution in [-0.2, 0) is 4.74 Å². The largest absolute Gasteiger partial charge is 0.450 e. The molecule has 146 valence electrons. The molecule has 5 nitrogen and oxygen atoms in total. The van der Waals surface area contributed by atoms with E-state index >= 15 is 0 Å². The monoisotopic (exact) mass is 385 g/mol. The number of aryl methyl sites for hydroxylation is 2. The molecule has 0 saturated heterocycles. The predicted molar refractivity (Wildman–Crippen MR) is 119 cm³/mol. The molecule has 3 aromatic carbocycles. The van der Waals surface area contributed by atoms with Crippen molar-refractivity contribution >= 4 is 45.0 Å². The molecule has 0 atom stereocenters. The molecule has 0 aliphatic rings. The van der Waals surface area contributed by atoms with E-state index in [0.29, 0.717) is 12.3 Å². The molecule has 4 aromatic rings. The van der Waals surface area contributed by atoms with E-state index in [9.17, 15) is 4.79 Å². The molecule has 0 aliphatic heterocycles. The summed E-state index contributed by atoms with van der Waals surface area (Å²) in [5, 5.41) is 8.46. The van der Waals surface area contributed by atoms with Crippen molar-refractivity contribution in [3.05, 3.63) is 71.8 Å². The van der Waals surface area contributed by atoms with Crippen LogP contribution in [0.4, 0.5) is 21.9 Å². The summed E-state index contributed by atoms with van der Waals surface area (Å²) in [7, 11) is 0. The van der Waals surface area contributed by atoms with Crippen LogP contribution in [0.1, 0.15) is 18.1 Å². The summed E-state index contributed by atoms with van der Waals surface area (Å²) in [6.45, 7) is 6.18. The van der Waals surface area contributed by atoms with Crippen molar-refractivity contribution in [3.63, 3.8) is 0 Å². The fourth-order valence-electron chi connectivity index (χ4n) is 3.55. The number of para-hydroxylation sites is 2. The van der Waals surface area contributed by atoms with Gasteiger partial charge in [-0.1, -0.05) is 36.4 Å². The van der Waals surface area contributed by atoms with Gasteiger partial charge in [-0.3, -0.25) is 5.32 Å². The number of ether oxygens (including phenoxy) is 1. The number of carbonyl (C=O) groups is 1. The van der Waals surface area contributed by atoms with Crippen molar-refractivity contribution < 1.29 is 9.53 Å². The van der Waals surface area contributed by atoms with E-state index < -0.39 is 6.09 Å². The second-order valence-electron chi connectivity index (χ2n) is 7.03. The van der Waals surface area contributed by atoms with E-state index in [2.05, 4.69) is 35.8 Å². The number of anilines is 3. The molecule has 2 N–H and O–H groups in total. The van der Waals surface area contributed by atoms with Crippen LogP contribution in [0.3, 0.4) is 0 Å². The molecule has 1 heterocycles. The number of benzene rings is 3. The van der Waals surface area contributed by atoms with Crippen LogP contribution in [0.15, 0.2) is 60.7 Å². The lowest BCUT2D eigenvalue weighted by atomic mass is 10.0. The molecule has 4 rings (SSSR count). The first-order valence-corrected chi connectivity index (χ1v) is 9.65. The Kier molecular flexibility index (Phi) is 5.04. The van der Waals surface area contributed by atoms with Gasteiger partial charge in [0.1, 0.15) is 0 Å². The van der Waals surface area contributed by atoms with Gasteiger partial charge in [0.15, 0.2) is 0 Å². The molecule has 0 saturated carbocycles. The number of amides is 1. The number of nitrogens with zero attached hydrogens (tertiary/aromatic N) is 1. The van der Waals surface area contributed by atoms with Crippen LogP contribution in [0.25, 0.3) is 21.8 Å². The minimum Gasteiger partial charge on any atom is -0.450 e. The zero-order valence-electron chi connectivity index (χ0n) is 16.7. The quantitative estimate of drug-likeness (QED) is 0.404. The number of hydrogen-bond donors (Lipinski definition) is 2. The fraction of sp³-hybridized carbons (Fsp3) is 0.167. The zero-order valence-corrected chi connectivity index (χ0v) is 16.7. The lowest BCUT2D eigenvalue weighted by molar-refractivity contribution is 0.168. The summed E-state index contributed by atoms with van der Waals surface area (Å²) in [6.07, 6.45) is -0.459. The van der Waals surface area contributed by atoms with Gasteiger partial charge in [0.2, 0.25) is 0 Å². The number of nitrogens with one attached hydrogen (secondary N) is 2. The van der Waals surface area contributed by atoms with Crippen molar-refractivity contribution in [2.24, 2.45) is 0 Å². The van der Waals surface area contributed by atoms with E-state index in [0.717, 1.165) is 44.3 Å². The Labute approximate surface area is 169 Å². The van der Waals surface area contributed by atoms with Gasteiger partial charge >= 0.3 is 6.09 Å². The smallest absolute Gasteiger partial charge is 0.411 e. The lowest BCUT2D eigenvalue weighted by Gasteiger charge is -2.16. The highest BCUT2D eigenvalue weighted by atomic mass is 16.5. The highest BCUT2D eigenvalue weighted by Crippen LogP contribution is 2.35. The Bertz CT molecular complexity index is 1220. The van der Waals surface area contributed by atoms with Crippen molar-refractivity contribution in [2.75, 3.05) is 17.2 Å². The Morgan fingerprint density at radius 2 is 1.72 bits per heavy atom. The Balaban J connectivity index is 1.82. The molecular weight excluding hydrogens is 362 g/mol. The zero-order chi connectivity index (χ0) is 20.4. The maximum atomic E-state index is 11.8. The average molecular weight is 385 g/mol. The average Bonchev–Trinajstić information content (AvgIpc) is 2.68. The third-order valence-corrected chi connectivity index (χ3v) is 4.78. The van der Waals surface area contributed by atoms with Crippen LogP contribution in [0, 0.1) is 13.8 Å². The number of hydrogen-bond acceptors (Lipinski definition) is 4. The first-order valence-electron chi connectivity index (χ1n) is 9.65. The number of aromatic nitrogens is 1. The Morgan fingerprint density at radius 3 is 2.55 bits per heavy atom. The molecule has 1 amide bonds. The van der Waals surface area contributed by atoms with Crippen molar-refractivity contribution in [1.82, 2.24) is 4.98 Å². The third-order valence-electron chi connectivity index (χ3n) is 4.78. The molecule has 0 aliphatic carbocycles. The lowest BCUT2D eigenvalue weighted by Crippen LogP contribution is -2.13. The number of rotatable bonds is 4. The Hall–Kier alpha value is -3.60. The number of fused-ring (bicyclic) bond motifs is 2. The highest BCUT2D eigenvalue weighted by Gasteiger charge is 2.12. The molecular formula is C24H23N3O2. The van der Waals surface area contributed by atoms with Gasteiger partial charge < -0.3 is 10.1 Å². The normalized spacial score (nSPS) is 10.9. The minimum atomic E-state index is -0.459. The molecule has 1 aromatic heterocycles. The summed E-state index contributed by atoms with van der Waals surface area (Å²) < 4.78 is 4.99. The van der Waals surface area contributed by atoms with Gasteiger partial charge in [0, 0.05) is 22.1 Å². The van der Waals surface area contributed by atoms with Gasteiger partial charge in [0.25, 0.3) is 0 Å². The van der Waals surface area contributed by atoms with Gasteiger partial charge in [-0.2, -0.15) is 0 Å². The van der Waals surface area contributed by atoms with Crippen LogP contribution < -0.4 is 10.6 Å². The van der Waals surface area contributed by atoms with Crippen LogP contribution in [0.2, 0.25) is 0 Å². The summed E-state index contributed by atoms with van der Waals surface area (Å²) in [5.41, 5.74) is 6.65. The van der Waals surface area contributed by atoms with E-state index in [-0.39, 0.29) is 0 Å². The van der Waals surface area contributed by atoms with Crippen molar-refractivity contribution in [2.45, 2.75) is 20.8 Å². The van der Waals surface area contributed by atoms with Gasteiger partial charge in [-0.15, -0.1) is 0 Å². The molecule has 29 heavy (non-hydrogen) atoms. The van der Waals surface area contributed by atoms with Gasteiger partial charge in [0.05, 0.1) is 23.3 Å². The number of carbonyl (C=O) groups excluding carboxylic acids is 1. The SMILES string of the molecule is CCOC(=O)Nc1cc(C)cc(Nc2c3ccccc3nc3c(C)cccc23)c1. The second kappa shape index (κ2) is 7.80. The summed E-state index contributed by atoms with van der Waals surface area (Å²) in [4.78, 5) is 16.7. The molecule has 0 spiro atoms. The van der Waals surface area contributed by atoms with Crippen molar-refractivity contribution in [1.29, 1.82) is 0 Å². The maximum absolute atomic E-state index is 11.8. The van der Waals surface area contributed by atoms with Gasteiger partial charge in [-0.25, -0.2) is 9.78 Å². The van der Waals surface area contributed by atoms with Crippen LogP contribution >= 0.6 is 0 Å². The second-order valence-corrected chi connectivity index (χ2v) is 7.03. The van der Waals surface area contributed by atoms with E-state index in [1.165, 1.54) is 0 Å². The minimum absolute atomic E-state index is 0.330. The molecule has 0 bridgehead atoms. The highest BCUT2D eigenvalue weighted by molar-refractivity contribution is 6.09. The molecule has 0 radical (unpaired) electrons. The van der Waals surface area contributed by atoms with Gasteiger partial charge in [-0.05, 0) is 56.2 Å². The fourth-order valence-corrected chi connectivity index (χ4v) is 3.55. The maximum Gasteiger partial charge on any atom is 0.411 e. The summed E-state index contributed by atoms with van der Waals surface area (Å²) >= 11 is 0.